The molecule has 0 bridgehead atoms. The number of nitrogens with one attached hydrogen (secondary N) is 1. The lowest BCUT2D eigenvalue weighted by molar-refractivity contribution is -0.140. The summed E-state index contributed by atoms with van der Waals surface area (Å²) in [6.45, 7) is 3.97. The fraction of sp³-hybridized carbons (Fsp3) is 0.250. The Kier molecular flexibility index (Phi) is 2.83. The third-order valence-corrected chi connectivity index (χ3v) is 2.34. The lowest BCUT2D eigenvalue weighted by Crippen LogP contribution is -2.13. The number of ether oxygens (including phenoxy) is 1. The van der Waals surface area contributed by atoms with Crippen molar-refractivity contribution in [1.82, 2.24) is 5.32 Å². The first kappa shape index (κ1) is 9.93. The molecular formula is C12H13NO2. The molecule has 1 aliphatic rings. The molecule has 3 heteroatoms. The second-order valence-corrected chi connectivity index (χ2v) is 3.49. The highest BCUT2D eigenvalue weighted by Crippen LogP contribution is 2.18. The van der Waals surface area contributed by atoms with E-state index in [1.165, 1.54) is 5.56 Å². The van der Waals surface area contributed by atoms with Crippen molar-refractivity contribution >= 4 is 5.97 Å². The normalized spacial score (nSPS) is 20.0. The van der Waals surface area contributed by atoms with Crippen LogP contribution in [0, 0.1) is 0 Å². The minimum Gasteiger partial charge on any atom is -0.441 e. The number of esters is 1. The van der Waals surface area contributed by atoms with Gasteiger partial charge in [-0.15, -0.1) is 6.58 Å². The van der Waals surface area contributed by atoms with Gasteiger partial charge in [-0.05, 0) is 12.0 Å². The van der Waals surface area contributed by atoms with Gasteiger partial charge in [0.1, 0.15) is 0 Å². The molecule has 0 spiro atoms. The zero-order valence-corrected chi connectivity index (χ0v) is 8.40. The number of hydrogen-bond acceptors (Lipinski definition) is 3. The monoisotopic (exact) mass is 203 g/mol. The summed E-state index contributed by atoms with van der Waals surface area (Å²) >= 11 is 0. The van der Waals surface area contributed by atoms with Gasteiger partial charge in [-0.2, -0.15) is 0 Å². The molecule has 0 saturated carbocycles. The van der Waals surface area contributed by atoms with E-state index in [1.54, 1.807) is 0 Å². The number of rotatable bonds is 3. The second-order valence-electron chi connectivity index (χ2n) is 3.49. The molecule has 2 rings (SSSR count). The third kappa shape index (κ3) is 2.25. The molecule has 1 aromatic carbocycles. The van der Waals surface area contributed by atoms with Crippen molar-refractivity contribution in [2.75, 3.05) is 6.54 Å². The lowest BCUT2D eigenvalue weighted by atomic mass is 10.1. The molecule has 0 aliphatic carbocycles. The van der Waals surface area contributed by atoms with Gasteiger partial charge in [-0.25, -0.2) is 0 Å². The largest absolute Gasteiger partial charge is 0.441 e. The number of benzene rings is 1. The van der Waals surface area contributed by atoms with Crippen LogP contribution in [0.15, 0.2) is 36.9 Å². The Morgan fingerprint density at radius 1 is 1.47 bits per heavy atom. The third-order valence-electron chi connectivity index (χ3n) is 2.34. The molecule has 1 aromatic rings. The molecule has 3 nitrogen and oxygen atoms in total. The van der Waals surface area contributed by atoms with Gasteiger partial charge in [0.25, 0.3) is 0 Å². The van der Waals surface area contributed by atoms with Crippen molar-refractivity contribution in [2.24, 2.45) is 0 Å². The summed E-state index contributed by atoms with van der Waals surface area (Å²) in [5.41, 5.74) is 2.19. The van der Waals surface area contributed by atoms with Crippen molar-refractivity contribution in [2.45, 2.75) is 12.6 Å². The maximum absolute atomic E-state index is 10.9. The summed E-state index contributed by atoms with van der Waals surface area (Å²) in [6, 6.07) is 7.97. The summed E-state index contributed by atoms with van der Waals surface area (Å²) < 4.78 is 5.08. The van der Waals surface area contributed by atoms with Crippen molar-refractivity contribution in [3.05, 3.63) is 48.0 Å². The maximum atomic E-state index is 10.9. The fourth-order valence-electron chi connectivity index (χ4n) is 1.57. The Labute approximate surface area is 88.8 Å². The van der Waals surface area contributed by atoms with Crippen LogP contribution in [0.3, 0.4) is 0 Å². The van der Waals surface area contributed by atoms with E-state index < -0.39 is 0 Å². The van der Waals surface area contributed by atoms with E-state index in [9.17, 15) is 4.79 Å². The van der Waals surface area contributed by atoms with Crippen LogP contribution in [0.25, 0.3) is 0 Å². The van der Waals surface area contributed by atoms with E-state index in [0.717, 1.165) is 12.0 Å². The maximum Gasteiger partial charge on any atom is 0.321 e. The zero-order valence-electron chi connectivity index (χ0n) is 8.40. The highest BCUT2D eigenvalue weighted by Gasteiger charge is 2.23. The van der Waals surface area contributed by atoms with Crippen molar-refractivity contribution in [1.29, 1.82) is 0 Å². The average Bonchev–Trinajstić information content (AvgIpc) is 2.67. The Morgan fingerprint density at radius 3 is 2.73 bits per heavy atom. The molecule has 78 valence electrons. The number of carbonyl (C=O) groups is 1. The van der Waals surface area contributed by atoms with Gasteiger partial charge in [0.2, 0.25) is 0 Å². The Morgan fingerprint density at radius 2 is 2.20 bits per heavy atom. The highest BCUT2D eigenvalue weighted by atomic mass is 16.6. The molecular weight excluding hydrogens is 190 g/mol. The first-order valence-electron chi connectivity index (χ1n) is 4.92. The molecule has 15 heavy (non-hydrogen) atoms. The van der Waals surface area contributed by atoms with Crippen LogP contribution in [-0.2, 0) is 16.0 Å². The molecule has 0 amide bonds. The lowest BCUT2D eigenvalue weighted by Gasteiger charge is -2.09. The van der Waals surface area contributed by atoms with Crippen LogP contribution < -0.4 is 5.32 Å². The number of hydrogen-bond donors (Lipinski definition) is 1. The van der Waals surface area contributed by atoms with Gasteiger partial charge < -0.3 is 4.74 Å². The van der Waals surface area contributed by atoms with E-state index in [0.29, 0.717) is 6.54 Å². The number of cyclic esters (lactones) is 1. The standard InChI is InChI=1S/C12H13NO2/c1-2-3-9-4-6-10(7-5-9)12-13-8-11(14)15-12/h2,4-7,12-13H,1,3,8H2. The Hall–Kier alpha value is -1.61. The van der Waals surface area contributed by atoms with Crippen LogP contribution in [0.2, 0.25) is 0 Å². The summed E-state index contributed by atoms with van der Waals surface area (Å²) in [6.07, 6.45) is 2.44. The molecule has 1 heterocycles. The molecule has 1 atom stereocenters. The molecule has 0 radical (unpaired) electrons. The summed E-state index contributed by atoms with van der Waals surface area (Å²) in [4.78, 5) is 10.9. The highest BCUT2D eigenvalue weighted by molar-refractivity contribution is 5.73. The van der Waals surface area contributed by atoms with Gasteiger partial charge in [0.05, 0.1) is 6.54 Å². The van der Waals surface area contributed by atoms with Crippen LogP contribution in [0.5, 0.6) is 0 Å². The van der Waals surface area contributed by atoms with Crippen LogP contribution in [0.1, 0.15) is 17.4 Å². The van der Waals surface area contributed by atoms with Crippen molar-refractivity contribution < 1.29 is 9.53 Å². The van der Waals surface area contributed by atoms with E-state index >= 15 is 0 Å². The Balaban J connectivity index is 2.09. The van der Waals surface area contributed by atoms with Crippen LogP contribution >= 0.6 is 0 Å². The zero-order chi connectivity index (χ0) is 10.7. The molecule has 1 aliphatic heterocycles. The minimum atomic E-state index is -0.282. The van der Waals surface area contributed by atoms with Gasteiger partial charge in [0, 0.05) is 5.56 Å². The number of allylic oxidation sites excluding steroid dienone is 1. The summed E-state index contributed by atoms with van der Waals surface area (Å²) in [5.74, 6) is -0.199. The van der Waals surface area contributed by atoms with Crippen molar-refractivity contribution in [3.8, 4) is 0 Å². The molecule has 1 unspecified atom stereocenters. The van der Waals surface area contributed by atoms with Crippen LogP contribution in [0.4, 0.5) is 0 Å². The smallest absolute Gasteiger partial charge is 0.321 e. The second kappa shape index (κ2) is 4.28. The minimum absolute atomic E-state index is 0.199. The van der Waals surface area contributed by atoms with Gasteiger partial charge in [-0.3, -0.25) is 10.1 Å². The first-order chi connectivity index (χ1) is 7.29. The molecule has 1 fully saturated rings. The van der Waals surface area contributed by atoms with Gasteiger partial charge in [-0.1, -0.05) is 30.3 Å². The summed E-state index contributed by atoms with van der Waals surface area (Å²) in [5, 5.41) is 2.98. The topological polar surface area (TPSA) is 38.3 Å². The fourth-order valence-corrected chi connectivity index (χ4v) is 1.57. The van der Waals surface area contributed by atoms with E-state index in [-0.39, 0.29) is 12.2 Å². The predicted molar refractivity (Wildman–Crippen MR) is 57.2 cm³/mol. The van der Waals surface area contributed by atoms with Gasteiger partial charge >= 0.3 is 5.97 Å². The first-order valence-corrected chi connectivity index (χ1v) is 4.92. The average molecular weight is 203 g/mol. The van der Waals surface area contributed by atoms with E-state index in [4.69, 9.17) is 4.74 Å². The molecule has 1 saturated heterocycles. The SMILES string of the molecule is C=CCc1ccc(C2NCC(=O)O2)cc1. The van der Waals surface area contributed by atoms with Gasteiger partial charge in [0.15, 0.2) is 6.23 Å². The predicted octanol–water partition coefficient (Wildman–Crippen LogP) is 1.56. The quantitative estimate of drug-likeness (QED) is 0.598. The van der Waals surface area contributed by atoms with E-state index in [1.807, 2.05) is 30.3 Å². The molecule has 0 aromatic heterocycles. The number of carbonyl (C=O) groups excluding carboxylic acids is 1. The van der Waals surface area contributed by atoms with E-state index in [2.05, 4.69) is 11.9 Å². The van der Waals surface area contributed by atoms with Crippen LogP contribution in [-0.4, -0.2) is 12.5 Å². The summed E-state index contributed by atoms with van der Waals surface area (Å²) in [7, 11) is 0. The Bertz CT molecular complexity index is 370. The van der Waals surface area contributed by atoms with Crippen molar-refractivity contribution in [3.63, 3.8) is 0 Å². The molecule has 1 N–H and O–H groups in total.